The van der Waals surface area contributed by atoms with Crippen molar-refractivity contribution in [2.75, 3.05) is 31.1 Å². The molecule has 1 fully saturated rings. The van der Waals surface area contributed by atoms with Crippen molar-refractivity contribution < 1.29 is 9.18 Å². The topological polar surface area (TPSA) is 75.7 Å². The molecule has 1 aliphatic heterocycles. The fraction of sp³-hybridized carbons (Fsp3) is 0.214. The third-order valence-electron chi connectivity index (χ3n) is 6.85. The molecule has 1 saturated heterocycles. The lowest BCUT2D eigenvalue weighted by Crippen LogP contribution is -2.50. The summed E-state index contributed by atoms with van der Waals surface area (Å²) in [6.45, 7) is 3.80. The standard InChI is InChI=1S/C28H25FN6O2/c1-19-7-6-8-20(17-19)26-30-27-21-9-2-4-11-23(21)34(28(37)35(27)31-26)18-25(36)33-15-13-32(14-16-33)24-12-5-3-10-22(24)29/h2-12,17H,13-16,18H2,1H3. The van der Waals surface area contributed by atoms with Gasteiger partial charge in [-0.2, -0.15) is 4.52 Å². The van der Waals surface area contributed by atoms with Crippen LogP contribution < -0.4 is 10.6 Å². The molecular weight excluding hydrogens is 471 g/mol. The van der Waals surface area contributed by atoms with Gasteiger partial charge in [-0.15, -0.1) is 5.10 Å². The number of nitrogens with zero attached hydrogens (tertiary/aromatic N) is 6. The highest BCUT2D eigenvalue weighted by Crippen LogP contribution is 2.23. The number of aromatic nitrogens is 4. The molecule has 0 atom stereocenters. The van der Waals surface area contributed by atoms with Gasteiger partial charge < -0.3 is 9.80 Å². The first-order valence-electron chi connectivity index (χ1n) is 12.2. The summed E-state index contributed by atoms with van der Waals surface area (Å²) in [6, 6.07) is 21.9. The number of amides is 1. The highest BCUT2D eigenvalue weighted by atomic mass is 19.1. The molecule has 0 spiro atoms. The molecule has 0 bridgehead atoms. The maximum absolute atomic E-state index is 14.2. The second-order valence-corrected chi connectivity index (χ2v) is 9.25. The Morgan fingerprint density at radius 2 is 1.70 bits per heavy atom. The van der Waals surface area contributed by atoms with Crippen LogP contribution in [-0.2, 0) is 11.3 Å². The van der Waals surface area contributed by atoms with E-state index in [2.05, 4.69) is 10.1 Å². The van der Waals surface area contributed by atoms with Gasteiger partial charge in [-0.3, -0.25) is 9.36 Å². The normalized spacial score (nSPS) is 14.0. The summed E-state index contributed by atoms with van der Waals surface area (Å²) in [5.41, 5.74) is 3.10. The van der Waals surface area contributed by atoms with Gasteiger partial charge in [0.25, 0.3) is 0 Å². The number of fused-ring (bicyclic) bond motifs is 3. The number of para-hydroxylation sites is 2. The summed E-state index contributed by atoms with van der Waals surface area (Å²) in [7, 11) is 0. The van der Waals surface area contributed by atoms with Crippen LogP contribution in [0.15, 0.2) is 77.6 Å². The number of piperazine rings is 1. The van der Waals surface area contributed by atoms with E-state index >= 15 is 0 Å². The minimum absolute atomic E-state index is 0.116. The average molecular weight is 497 g/mol. The van der Waals surface area contributed by atoms with Crippen molar-refractivity contribution in [1.82, 2.24) is 24.1 Å². The number of benzene rings is 3. The van der Waals surface area contributed by atoms with Crippen LogP contribution in [0.1, 0.15) is 5.56 Å². The van der Waals surface area contributed by atoms with Gasteiger partial charge in [0.05, 0.1) is 11.2 Å². The van der Waals surface area contributed by atoms with Gasteiger partial charge in [-0.25, -0.2) is 14.2 Å². The SMILES string of the molecule is Cc1cccc(-c2nc3c4ccccc4n(CC(=O)N4CCN(c5ccccc5F)CC4)c(=O)n3n2)c1. The first kappa shape index (κ1) is 22.9. The molecule has 0 N–H and O–H groups in total. The molecule has 1 amide bonds. The van der Waals surface area contributed by atoms with Crippen LogP contribution >= 0.6 is 0 Å². The van der Waals surface area contributed by atoms with Crippen molar-refractivity contribution >= 4 is 28.1 Å². The van der Waals surface area contributed by atoms with E-state index in [-0.39, 0.29) is 18.3 Å². The molecule has 8 nitrogen and oxygen atoms in total. The number of rotatable bonds is 4. The fourth-order valence-corrected chi connectivity index (χ4v) is 4.93. The number of carbonyl (C=O) groups is 1. The lowest BCUT2D eigenvalue weighted by Gasteiger charge is -2.36. The van der Waals surface area contributed by atoms with E-state index in [0.717, 1.165) is 16.5 Å². The predicted octanol–water partition coefficient (Wildman–Crippen LogP) is 3.51. The average Bonchev–Trinajstić information content (AvgIpc) is 3.38. The van der Waals surface area contributed by atoms with E-state index in [1.54, 1.807) is 23.1 Å². The van der Waals surface area contributed by atoms with Crippen molar-refractivity contribution in [3.05, 3.63) is 94.7 Å². The van der Waals surface area contributed by atoms with E-state index in [1.165, 1.54) is 15.1 Å². The van der Waals surface area contributed by atoms with Gasteiger partial charge in [0.1, 0.15) is 12.4 Å². The van der Waals surface area contributed by atoms with Gasteiger partial charge in [-0.05, 0) is 37.3 Å². The van der Waals surface area contributed by atoms with Gasteiger partial charge in [0.15, 0.2) is 11.5 Å². The van der Waals surface area contributed by atoms with Crippen molar-refractivity contribution in [3.63, 3.8) is 0 Å². The summed E-state index contributed by atoms with van der Waals surface area (Å²) in [5, 5.41) is 5.25. The van der Waals surface area contributed by atoms with Crippen LogP contribution in [-0.4, -0.2) is 56.2 Å². The van der Waals surface area contributed by atoms with Crippen molar-refractivity contribution in [1.29, 1.82) is 0 Å². The van der Waals surface area contributed by atoms with E-state index in [9.17, 15) is 14.0 Å². The number of hydrogen-bond acceptors (Lipinski definition) is 5. The molecule has 0 saturated carbocycles. The lowest BCUT2D eigenvalue weighted by atomic mass is 10.1. The van der Waals surface area contributed by atoms with Crippen LogP contribution in [0.2, 0.25) is 0 Å². The first-order chi connectivity index (χ1) is 18.0. The zero-order valence-electron chi connectivity index (χ0n) is 20.3. The Labute approximate surface area is 212 Å². The monoisotopic (exact) mass is 496 g/mol. The van der Waals surface area contributed by atoms with Crippen molar-refractivity contribution in [2.45, 2.75) is 13.5 Å². The maximum Gasteiger partial charge on any atom is 0.351 e. The molecule has 3 aromatic carbocycles. The molecule has 37 heavy (non-hydrogen) atoms. The zero-order valence-corrected chi connectivity index (χ0v) is 20.3. The second-order valence-electron chi connectivity index (χ2n) is 9.25. The Kier molecular flexibility index (Phi) is 5.67. The van der Waals surface area contributed by atoms with Crippen LogP contribution in [0.3, 0.4) is 0 Å². The van der Waals surface area contributed by atoms with E-state index in [4.69, 9.17) is 0 Å². The van der Waals surface area contributed by atoms with Crippen molar-refractivity contribution in [3.8, 4) is 11.4 Å². The Hall–Kier alpha value is -4.53. The smallest absolute Gasteiger partial charge is 0.351 e. The van der Waals surface area contributed by atoms with E-state index < -0.39 is 5.69 Å². The highest BCUT2D eigenvalue weighted by molar-refractivity contribution is 5.92. The number of anilines is 1. The number of aryl methyl sites for hydroxylation is 1. The molecule has 2 aromatic heterocycles. The lowest BCUT2D eigenvalue weighted by molar-refractivity contribution is -0.132. The second kappa shape index (κ2) is 9.16. The number of hydrogen-bond donors (Lipinski definition) is 0. The van der Waals surface area contributed by atoms with Crippen LogP contribution in [0.5, 0.6) is 0 Å². The summed E-state index contributed by atoms with van der Waals surface area (Å²) >= 11 is 0. The number of carbonyl (C=O) groups excluding carboxylic acids is 1. The molecule has 0 radical (unpaired) electrons. The third-order valence-corrected chi connectivity index (χ3v) is 6.85. The molecule has 3 heterocycles. The van der Waals surface area contributed by atoms with Crippen LogP contribution in [0.25, 0.3) is 27.9 Å². The molecular formula is C28H25FN6O2. The molecule has 1 aliphatic rings. The van der Waals surface area contributed by atoms with Gasteiger partial charge in [-0.1, -0.05) is 48.0 Å². The zero-order chi connectivity index (χ0) is 25.5. The third kappa shape index (κ3) is 4.12. The van der Waals surface area contributed by atoms with Crippen LogP contribution in [0, 0.1) is 12.7 Å². The highest BCUT2D eigenvalue weighted by Gasteiger charge is 2.24. The van der Waals surface area contributed by atoms with Crippen molar-refractivity contribution in [2.24, 2.45) is 0 Å². The minimum atomic E-state index is -0.418. The summed E-state index contributed by atoms with van der Waals surface area (Å²) in [5.74, 6) is 0.0181. The molecule has 9 heteroatoms. The summed E-state index contributed by atoms with van der Waals surface area (Å²) < 4.78 is 16.9. The molecule has 186 valence electrons. The first-order valence-corrected chi connectivity index (χ1v) is 12.2. The Bertz CT molecular complexity index is 1700. The largest absolute Gasteiger partial charge is 0.366 e. The van der Waals surface area contributed by atoms with Gasteiger partial charge >= 0.3 is 5.69 Å². The molecule has 0 aliphatic carbocycles. The molecule has 0 unspecified atom stereocenters. The Morgan fingerprint density at radius 3 is 2.49 bits per heavy atom. The Morgan fingerprint density at radius 1 is 0.946 bits per heavy atom. The minimum Gasteiger partial charge on any atom is -0.366 e. The number of halogens is 1. The molecule has 5 aromatic rings. The quantitative estimate of drug-likeness (QED) is 0.381. The van der Waals surface area contributed by atoms with Crippen LogP contribution in [0.4, 0.5) is 10.1 Å². The van der Waals surface area contributed by atoms with Gasteiger partial charge in [0.2, 0.25) is 5.91 Å². The molecule has 6 rings (SSSR count). The van der Waals surface area contributed by atoms with E-state index in [1.807, 2.05) is 60.4 Å². The summed E-state index contributed by atoms with van der Waals surface area (Å²) in [6.07, 6.45) is 0. The Balaban J connectivity index is 1.31. The van der Waals surface area contributed by atoms with E-state index in [0.29, 0.717) is 48.9 Å². The maximum atomic E-state index is 14.2. The van der Waals surface area contributed by atoms with Gasteiger partial charge in [0, 0.05) is 37.1 Å². The predicted molar refractivity (Wildman–Crippen MR) is 140 cm³/mol. The summed E-state index contributed by atoms with van der Waals surface area (Å²) in [4.78, 5) is 35.2. The fourth-order valence-electron chi connectivity index (χ4n) is 4.93.